The lowest BCUT2D eigenvalue weighted by Crippen LogP contribution is -2.44. The van der Waals surface area contributed by atoms with Crippen LogP contribution in [0.2, 0.25) is 0 Å². The van der Waals surface area contributed by atoms with Gasteiger partial charge in [0.25, 0.3) is 0 Å². The minimum absolute atomic E-state index is 0.134. The van der Waals surface area contributed by atoms with Gasteiger partial charge in [0.2, 0.25) is 5.91 Å². The Kier molecular flexibility index (Phi) is 10.9. The third-order valence-corrected chi connectivity index (χ3v) is 8.60. The zero-order valence-corrected chi connectivity index (χ0v) is 26.4. The van der Waals surface area contributed by atoms with Crippen LogP contribution in [-0.4, -0.2) is 59.4 Å². The Balaban J connectivity index is 1.66. The Hall–Kier alpha value is -2.47. The average Bonchev–Trinajstić information content (AvgIpc) is 3.06. The van der Waals surface area contributed by atoms with E-state index in [0.29, 0.717) is 25.2 Å². The van der Waals surface area contributed by atoms with Crippen LogP contribution in [0.1, 0.15) is 50.3 Å². The number of aryl methyl sites for hydroxylation is 1. The normalized spacial score (nSPS) is 14.9. The molecule has 0 saturated carbocycles. The Morgan fingerprint density at radius 3 is 2.46 bits per heavy atom. The zero-order valence-electron chi connectivity index (χ0n) is 23.4. The van der Waals surface area contributed by atoms with Crippen LogP contribution in [0.15, 0.2) is 48.5 Å². The molecular weight excluding hydrogens is 629 g/mol. The fraction of sp³-hybridized carbons (Fsp3) is 0.483. The predicted molar refractivity (Wildman–Crippen MR) is 167 cm³/mol. The fourth-order valence-corrected chi connectivity index (χ4v) is 5.68. The highest BCUT2D eigenvalue weighted by molar-refractivity contribution is 14.2. The molecule has 39 heavy (non-hydrogen) atoms. The van der Waals surface area contributed by atoms with Gasteiger partial charge in [-0.1, -0.05) is 36.4 Å². The monoisotopic (exact) mass is 669 g/mol. The number of alkyl carbamates (subject to hydrolysis) is 1. The molecule has 8 nitrogen and oxygen atoms in total. The van der Waals surface area contributed by atoms with Gasteiger partial charge in [-0.15, -0.1) is 0 Å². The molecule has 1 heterocycles. The van der Waals surface area contributed by atoms with E-state index in [1.807, 2.05) is 69.3 Å². The van der Waals surface area contributed by atoms with Crippen LogP contribution >= 0.6 is 28.4 Å². The van der Waals surface area contributed by atoms with E-state index in [1.54, 1.807) is 4.90 Å². The third-order valence-electron chi connectivity index (χ3n) is 6.07. The molecule has 0 fully saturated rings. The van der Waals surface area contributed by atoms with E-state index in [9.17, 15) is 14.4 Å². The number of hydrogen-bond acceptors (Lipinski definition) is 5. The van der Waals surface area contributed by atoms with Crippen molar-refractivity contribution in [2.75, 3.05) is 30.1 Å². The second kappa shape index (κ2) is 13.7. The number of amides is 3. The molecule has 3 amide bonds. The van der Waals surface area contributed by atoms with E-state index in [2.05, 4.69) is 44.4 Å². The summed E-state index contributed by atoms with van der Waals surface area (Å²) in [4.78, 5) is 40.2. The molecular formula is C29H40IN3O5S. The van der Waals surface area contributed by atoms with Crippen molar-refractivity contribution < 1.29 is 23.9 Å². The molecule has 0 bridgehead atoms. The van der Waals surface area contributed by atoms with Gasteiger partial charge < -0.3 is 25.0 Å². The second-order valence-corrected chi connectivity index (χ2v) is 21.5. The highest BCUT2D eigenvalue weighted by Crippen LogP contribution is 2.49. The van der Waals surface area contributed by atoms with Gasteiger partial charge in [0.05, 0.1) is 0 Å². The fourth-order valence-electron chi connectivity index (χ4n) is 4.12. The number of halogens is 1. The summed E-state index contributed by atoms with van der Waals surface area (Å²) in [6.45, 7) is 6.78. The molecule has 0 aliphatic carbocycles. The molecule has 0 radical (unpaired) electrons. The van der Waals surface area contributed by atoms with Crippen LogP contribution in [-0.2, 0) is 33.8 Å². The first-order valence-electron chi connectivity index (χ1n) is 13.1. The lowest BCUT2D eigenvalue weighted by Gasteiger charge is -2.26. The van der Waals surface area contributed by atoms with E-state index < -0.39 is 24.9 Å². The number of benzene rings is 2. The maximum absolute atomic E-state index is 13.3. The molecule has 0 aromatic heterocycles. The predicted octanol–water partition coefficient (Wildman–Crippen LogP) is 6.41. The van der Waals surface area contributed by atoms with E-state index in [1.165, 1.54) is 0 Å². The first-order chi connectivity index (χ1) is 18.3. The molecule has 0 saturated heterocycles. The van der Waals surface area contributed by atoms with Gasteiger partial charge in [-0.2, -0.15) is 7.20 Å². The molecule has 3 rings (SSSR count). The number of anilines is 1. The standard InChI is InChI=1S/C29H40IN3O5S/c1-29(2,3)38-28(36)33-16-9-12-22-18-24(14-13-23(22)19-33)31-26(34)25(15-17-39(4,5)30)32-27(35)37-20-21-10-7-6-8-11-21/h6-8,10-11,13-14,18,25H,9,12,15-17,19-20H2,1-5H3,(H,31,34)(H,32,35)/t25-/m0/s1. The molecule has 1 aliphatic rings. The van der Waals surface area contributed by atoms with Crippen LogP contribution in [0.4, 0.5) is 15.3 Å². The molecule has 0 spiro atoms. The smallest absolute Gasteiger partial charge is 0.410 e. The van der Waals surface area contributed by atoms with Gasteiger partial charge >= 0.3 is 12.2 Å². The zero-order chi connectivity index (χ0) is 28.6. The summed E-state index contributed by atoms with van der Waals surface area (Å²) in [5.41, 5.74) is 3.11. The van der Waals surface area contributed by atoms with E-state index in [0.717, 1.165) is 35.3 Å². The van der Waals surface area contributed by atoms with E-state index >= 15 is 0 Å². The number of hydrogen-bond donors (Lipinski definition) is 2. The van der Waals surface area contributed by atoms with Crippen LogP contribution in [0.5, 0.6) is 0 Å². The number of nitrogens with one attached hydrogen (secondary N) is 2. The van der Waals surface area contributed by atoms with Crippen molar-refractivity contribution in [1.82, 2.24) is 10.2 Å². The van der Waals surface area contributed by atoms with Gasteiger partial charge in [-0.3, -0.25) is 4.79 Å². The summed E-state index contributed by atoms with van der Waals surface area (Å²) >= 11 is 2.43. The molecule has 214 valence electrons. The largest absolute Gasteiger partial charge is 0.445 e. The molecule has 2 N–H and O–H groups in total. The Labute approximate surface area is 245 Å². The van der Waals surface area contributed by atoms with Crippen molar-refractivity contribution in [2.45, 2.75) is 64.8 Å². The maximum Gasteiger partial charge on any atom is 0.410 e. The van der Waals surface area contributed by atoms with Gasteiger partial charge in [-0.25, -0.2) is 9.59 Å². The number of rotatable bonds is 8. The average molecular weight is 670 g/mol. The summed E-state index contributed by atoms with van der Waals surface area (Å²) in [7, 11) is -0.901. The Morgan fingerprint density at radius 1 is 1.08 bits per heavy atom. The summed E-state index contributed by atoms with van der Waals surface area (Å²) in [6.07, 6.45) is 5.50. The van der Waals surface area contributed by atoms with Crippen molar-refractivity contribution in [3.05, 3.63) is 65.2 Å². The maximum atomic E-state index is 13.3. The molecule has 2 aromatic rings. The molecule has 0 unspecified atom stereocenters. The quantitative estimate of drug-likeness (QED) is 0.317. The number of fused-ring (bicyclic) bond motifs is 1. The summed E-state index contributed by atoms with van der Waals surface area (Å²) in [5.74, 6) is 0.533. The first-order valence-corrected chi connectivity index (χ1v) is 18.2. The van der Waals surface area contributed by atoms with Crippen LogP contribution < -0.4 is 10.6 Å². The highest BCUT2D eigenvalue weighted by Gasteiger charge is 2.26. The number of nitrogens with zero attached hydrogens (tertiary/aromatic N) is 1. The topological polar surface area (TPSA) is 97.0 Å². The van der Waals surface area contributed by atoms with Crippen molar-refractivity contribution >= 4 is 52.2 Å². The van der Waals surface area contributed by atoms with Gasteiger partial charge in [0, 0.05) is 18.8 Å². The van der Waals surface area contributed by atoms with Crippen molar-refractivity contribution in [3.63, 3.8) is 0 Å². The summed E-state index contributed by atoms with van der Waals surface area (Å²) in [5, 5.41) is 5.75. The molecule has 2 aromatic carbocycles. The van der Waals surface area contributed by atoms with Crippen LogP contribution in [0.25, 0.3) is 0 Å². The van der Waals surface area contributed by atoms with Gasteiger partial charge in [-0.05, 0) is 108 Å². The minimum atomic E-state index is -0.901. The lowest BCUT2D eigenvalue weighted by atomic mass is 10.0. The molecule has 10 heteroatoms. The van der Waals surface area contributed by atoms with Crippen molar-refractivity contribution in [3.8, 4) is 0 Å². The molecule has 1 atom stereocenters. The van der Waals surface area contributed by atoms with Crippen molar-refractivity contribution in [2.24, 2.45) is 0 Å². The van der Waals surface area contributed by atoms with Crippen LogP contribution in [0, 0.1) is 0 Å². The summed E-state index contributed by atoms with van der Waals surface area (Å²) < 4.78 is 10.9. The van der Waals surface area contributed by atoms with E-state index in [-0.39, 0.29) is 18.6 Å². The SMILES string of the molecule is CC(C)(C)OC(=O)N1CCCc2cc(NC(=O)[C@H](CCS(C)(C)I)NC(=O)OCc3ccccc3)ccc2C1. The number of carbonyl (C=O) groups is 3. The lowest BCUT2D eigenvalue weighted by molar-refractivity contribution is -0.118. The summed E-state index contributed by atoms with van der Waals surface area (Å²) in [6, 6.07) is 14.4. The Morgan fingerprint density at radius 2 is 1.79 bits per heavy atom. The van der Waals surface area contributed by atoms with Crippen LogP contribution in [0.3, 0.4) is 0 Å². The first kappa shape index (κ1) is 31.1. The van der Waals surface area contributed by atoms with Crippen molar-refractivity contribution in [1.29, 1.82) is 0 Å². The second-order valence-electron chi connectivity index (χ2n) is 11.1. The number of carbonyl (C=O) groups excluding carboxylic acids is 3. The molecule has 1 aliphatic heterocycles. The number of ether oxygens (including phenoxy) is 2. The van der Waals surface area contributed by atoms with Gasteiger partial charge in [0.1, 0.15) is 18.2 Å². The van der Waals surface area contributed by atoms with Gasteiger partial charge in [0.15, 0.2) is 0 Å². The Bertz CT molecular complexity index is 1150. The third kappa shape index (κ3) is 10.9. The van der Waals surface area contributed by atoms with E-state index in [4.69, 9.17) is 9.47 Å². The minimum Gasteiger partial charge on any atom is -0.445 e. The highest BCUT2D eigenvalue weighted by atomic mass is 127.